The van der Waals surface area contributed by atoms with E-state index in [9.17, 15) is 0 Å². The van der Waals surface area contributed by atoms with Crippen molar-refractivity contribution in [2.24, 2.45) is 0 Å². The molecule has 1 fully saturated rings. The predicted octanol–water partition coefficient (Wildman–Crippen LogP) is 2.06. The zero-order valence-electron chi connectivity index (χ0n) is 9.69. The highest BCUT2D eigenvalue weighted by Gasteiger charge is 2.26. The van der Waals surface area contributed by atoms with Crippen LogP contribution in [-0.2, 0) is 0 Å². The largest absolute Gasteiger partial charge is 0.265 e. The quantitative estimate of drug-likeness (QED) is 0.684. The van der Waals surface area contributed by atoms with E-state index in [-0.39, 0.29) is 0 Å². The average Bonchev–Trinajstić information content (AvgIpc) is 3.17. The van der Waals surface area contributed by atoms with Gasteiger partial charge in [0.2, 0.25) is 0 Å². The van der Waals surface area contributed by atoms with Crippen LogP contribution in [0.3, 0.4) is 0 Å². The second-order valence-corrected chi connectivity index (χ2v) is 4.55. The molecule has 88 valence electrons. The highest BCUT2D eigenvalue weighted by molar-refractivity contribution is 5.61. The Balaban J connectivity index is 1.99. The third-order valence-electron chi connectivity index (χ3n) is 3.24. The summed E-state index contributed by atoms with van der Waals surface area (Å²) >= 11 is 0. The Bertz CT molecular complexity index is 700. The van der Waals surface area contributed by atoms with E-state index in [0.29, 0.717) is 11.7 Å². The molecule has 18 heavy (non-hydrogen) atoms. The summed E-state index contributed by atoms with van der Waals surface area (Å²) in [5.74, 6) is 1.28. The van der Waals surface area contributed by atoms with E-state index in [1.54, 1.807) is 23.2 Å². The van der Waals surface area contributed by atoms with Gasteiger partial charge in [0.25, 0.3) is 5.78 Å². The molecule has 0 aromatic carbocycles. The lowest BCUT2D eigenvalue weighted by Crippen LogP contribution is -2.00. The summed E-state index contributed by atoms with van der Waals surface area (Å²) in [6.07, 6.45) is 7.58. The standard InChI is InChI=1S/C13H11N5/c1-2-9(1)11-7-12(10-3-5-14-6-4-10)18-13(17-11)15-8-16-18/h3-9H,1-2H2. The van der Waals surface area contributed by atoms with Gasteiger partial charge in [0.05, 0.1) is 5.69 Å². The molecule has 0 amide bonds. The average molecular weight is 237 g/mol. The first-order valence-corrected chi connectivity index (χ1v) is 6.03. The van der Waals surface area contributed by atoms with Gasteiger partial charge in [0, 0.05) is 29.6 Å². The molecule has 5 heteroatoms. The van der Waals surface area contributed by atoms with Crippen molar-refractivity contribution in [3.8, 4) is 11.3 Å². The molecule has 0 unspecified atom stereocenters. The van der Waals surface area contributed by atoms with Crippen molar-refractivity contribution in [1.82, 2.24) is 24.6 Å². The van der Waals surface area contributed by atoms with Crippen LogP contribution in [0.4, 0.5) is 0 Å². The van der Waals surface area contributed by atoms with Crippen molar-refractivity contribution >= 4 is 5.78 Å². The van der Waals surface area contributed by atoms with E-state index in [1.165, 1.54) is 12.8 Å². The molecule has 0 atom stereocenters. The molecule has 0 saturated heterocycles. The minimum Gasteiger partial charge on any atom is -0.265 e. The number of hydrogen-bond acceptors (Lipinski definition) is 4. The molecular weight excluding hydrogens is 226 g/mol. The Morgan fingerprint density at radius 2 is 2.00 bits per heavy atom. The lowest BCUT2D eigenvalue weighted by Gasteiger charge is -2.06. The fourth-order valence-electron chi connectivity index (χ4n) is 2.15. The number of pyridine rings is 1. The Hall–Kier alpha value is -2.30. The molecule has 0 radical (unpaired) electrons. The van der Waals surface area contributed by atoms with Crippen molar-refractivity contribution in [2.75, 3.05) is 0 Å². The molecule has 0 N–H and O–H groups in total. The van der Waals surface area contributed by atoms with Crippen LogP contribution >= 0.6 is 0 Å². The molecule has 3 heterocycles. The highest BCUT2D eigenvalue weighted by atomic mass is 15.3. The van der Waals surface area contributed by atoms with Gasteiger partial charge in [-0.05, 0) is 31.0 Å². The number of rotatable bonds is 2. The van der Waals surface area contributed by atoms with Crippen molar-refractivity contribution in [1.29, 1.82) is 0 Å². The van der Waals surface area contributed by atoms with Crippen LogP contribution in [0.15, 0.2) is 36.9 Å². The van der Waals surface area contributed by atoms with Gasteiger partial charge < -0.3 is 0 Å². The Kier molecular flexibility index (Phi) is 1.94. The summed E-state index contributed by atoms with van der Waals surface area (Å²) in [5, 5.41) is 4.24. The van der Waals surface area contributed by atoms with Crippen LogP contribution in [0.2, 0.25) is 0 Å². The Morgan fingerprint density at radius 1 is 1.17 bits per heavy atom. The highest BCUT2D eigenvalue weighted by Crippen LogP contribution is 2.40. The number of fused-ring (bicyclic) bond motifs is 1. The van der Waals surface area contributed by atoms with E-state index in [1.807, 2.05) is 12.1 Å². The van der Waals surface area contributed by atoms with Gasteiger partial charge in [-0.3, -0.25) is 4.98 Å². The van der Waals surface area contributed by atoms with E-state index in [0.717, 1.165) is 17.0 Å². The Labute approximate surface area is 104 Å². The lowest BCUT2D eigenvalue weighted by molar-refractivity contribution is 0.914. The van der Waals surface area contributed by atoms with Gasteiger partial charge in [0.1, 0.15) is 6.33 Å². The molecule has 1 aliphatic rings. The van der Waals surface area contributed by atoms with Gasteiger partial charge in [-0.2, -0.15) is 14.6 Å². The maximum atomic E-state index is 4.56. The van der Waals surface area contributed by atoms with Crippen molar-refractivity contribution in [3.63, 3.8) is 0 Å². The van der Waals surface area contributed by atoms with Crippen LogP contribution in [0.1, 0.15) is 24.5 Å². The third-order valence-corrected chi connectivity index (χ3v) is 3.24. The predicted molar refractivity (Wildman–Crippen MR) is 66.0 cm³/mol. The third kappa shape index (κ3) is 1.48. The van der Waals surface area contributed by atoms with Crippen LogP contribution in [0.5, 0.6) is 0 Å². The molecule has 0 spiro atoms. The fourth-order valence-corrected chi connectivity index (χ4v) is 2.15. The van der Waals surface area contributed by atoms with E-state index in [2.05, 4.69) is 26.1 Å². The molecule has 5 nitrogen and oxygen atoms in total. The van der Waals surface area contributed by atoms with Gasteiger partial charge in [-0.1, -0.05) is 0 Å². The zero-order valence-corrected chi connectivity index (χ0v) is 9.69. The summed E-state index contributed by atoms with van der Waals surface area (Å²) in [6, 6.07) is 6.08. The smallest absolute Gasteiger partial charge is 0.252 e. The monoisotopic (exact) mass is 237 g/mol. The lowest BCUT2D eigenvalue weighted by atomic mass is 10.1. The van der Waals surface area contributed by atoms with Crippen LogP contribution in [0, 0.1) is 0 Å². The fraction of sp³-hybridized carbons (Fsp3) is 0.231. The SMILES string of the molecule is c1cc(-c2cc(C3CC3)nc3ncnn23)ccn1. The first-order chi connectivity index (χ1) is 8.92. The first kappa shape index (κ1) is 9.70. The number of aromatic nitrogens is 5. The van der Waals surface area contributed by atoms with Gasteiger partial charge in [-0.15, -0.1) is 0 Å². The summed E-state index contributed by atoms with van der Waals surface area (Å²) in [5.41, 5.74) is 3.24. The molecule has 3 aromatic heterocycles. The number of hydrogen-bond donors (Lipinski definition) is 0. The molecule has 0 aliphatic heterocycles. The van der Waals surface area contributed by atoms with E-state index < -0.39 is 0 Å². The van der Waals surface area contributed by atoms with E-state index >= 15 is 0 Å². The summed E-state index contributed by atoms with van der Waals surface area (Å²) in [7, 11) is 0. The van der Waals surface area contributed by atoms with Crippen LogP contribution < -0.4 is 0 Å². The molecule has 1 saturated carbocycles. The molecule has 3 aromatic rings. The second-order valence-electron chi connectivity index (χ2n) is 4.55. The van der Waals surface area contributed by atoms with Crippen LogP contribution in [0.25, 0.3) is 17.0 Å². The summed E-state index contributed by atoms with van der Waals surface area (Å²) in [4.78, 5) is 12.8. The maximum Gasteiger partial charge on any atom is 0.252 e. The maximum absolute atomic E-state index is 4.56. The minimum atomic E-state index is 0.604. The normalized spacial score (nSPS) is 15.1. The Morgan fingerprint density at radius 3 is 2.78 bits per heavy atom. The molecule has 1 aliphatic carbocycles. The minimum absolute atomic E-state index is 0.604. The second kappa shape index (κ2) is 3.60. The van der Waals surface area contributed by atoms with E-state index in [4.69, 9.17) is 0 Å². The van der Waals surface area contributed by atoms with Gasteiger partial charge in [0.15, 0.2) is 0 Å². The summed E-state index contributed by atoms with van der Waals surface area (Å²) < 4.78 is 1.78. The first-order valence-electron chi connectivity index (χ1n) is 6.03. The van der Waals surface area contributed by atoms with Crippen molar-refractivity contribution < 1.29 is 0 Å². The molecular formula is C13H11N5. The number of nitrogens with zero attached hydrogens (tertiary/aromatic N) is 5. The zero-order chi connectivity index (χ0) is 11.9. The van der Waals surface area contributed by atoms with Gasteiger partial charge in [-0.25, -0.2) is 4.98 Å². The summed E-state index contributed by atoms with van der Waals surface area (Å²) in [6.45, 7) is 0. The molecule has 4 rings (SSSR count). The van der Waals surface area contributed by atoms with Crippen LogP contribution in [-0.4, -0.2) is 24.6 Å². The topological polar surface area (TPSA) is 56.0 Å². The van der Waals surface area contributed by atoms with Crippen molar-refractivity contribution in [2.45, 2.75) is 18.8 Å². The van der Waals surface area contributed by atoms with Gasteiger partial charge >= 0.3 is 0 Å². The van der Waals surface area contributed by atoms with Crippen molar-refractivity contribution in [3.05, 3.63) is 42.6 Å². The molecule has 0 bridgehead atoms.